The molecule has 0 saturated heterocycles. The summed E-state index contributed by atoms with van der Waals surface area (Å²) in [5, 5.41) is 28.9. The van der Waals surface area contributed by atoms with Crippen molar-refractivity contribution < 1.29 is 24.5 Å². The van der Waals surface area contributed by atoms with Gasteiger partial charge in [-0.3, -0.25) is 0 Å². The lowest BCUT2D eigenvalue weighted by Crippen LogP contribution is -2.21. The highest BCUT2D eigenvalue weighted by molar-refractivity contribution is 5.88. The lowest BCUT2D eigenvalue weighted by atomic mass is 10.1. The third kappa shape index (κ3) is 3.91. The van der Waals surface area contributed by atoms with Crippen molar-refractivity contribution in [3.8, 4) is 11.5 Å². The molecule has 0 aliphatic heterocycles. The fourth-order valence-corrected chi connectivity index (χ4v) is 2.06. The van der Waals surface area contributed by atoms with Gasteiger partial charge in [0.15, 0.2) is 11.3 Å². The predicted octanol–water partition coefficient (Wildman–Crippen LogP) is 1.74. The van der Waals surface area contributed by atoms with Crippen LogP contribution in [0.4, 0.5) is 0 Å². The molecule has 1 unspecified atom stereocenters. The smallest absolute Gasteiger partial charge is 0.343 e. The van der Waals surface area contributed by atoms with Crippen molar-refractivity contribution in [2.45, 2.75) is 26.4 Å². The highest BCUT2D eigenvalue weighted by atomic mass is 16.5. The van der Waals surface area contributed by atoms with Gasteiger partial charge in [0.2, 0.25) is 0 Å². The normalized spacial score (nSPS) is 12.2. The van der Waals surface area contributed by atoms with E-state index in [2.05, 4.69) is 0 Å². The van der Waals surface area contributed by atoms with Gasteiger partial charge in [-0.05, 0) is 26.0 Å². The topological polar surface area (TPSA) is 100 Å². The van der Waals surface area contributed by atoms with E-state index in [9.17, 15) is 15.0 Å². The first kappa shape index (κ1) is 17.1. The van der Waals surface area contributed by atoms with E-state index in [1.54, 1.807) is 18.2 Å². The van der Waals surface area contributed by atoms with Gasteiger partial charge in [-0.15, -0.1) is 0 Å². The zero-order valence-corrected chi connectivity index (χ0v) is 13.1. The Balaban J connectivity index is 2.47. The van der Waals surface area contributed by atoms with E-state index in [4.69, 9.17) is 14.3 Å². The van der Waals surface area contributed by atoms with E-state index >= 15 is 0 Å². The van der Waals surface area contributed by atoms with E-state index in [0.29, 0.717) is 5.39 Å². The molecule has 3 N–H and O–H groups in total. The SMILES string of the molecule is CC(C)=CCc1c(O)c2cccc(OCC(O)CO)c2oc1=O. The lowest BCUT2D eigenvalue weighted by Gasteiger charge is -2.12. The van der Waals surface area contributed by atoms with Crippen LogP contribution in [0.5, 0.6) is 11.5 Å². The molecule has 0 aliphatic carbocycles. The largest absolute Gasteiger partial charge is 0.507 e. The summed E-state index contributed by atoms with van der Waals surface area (Å²) >= 11 is 0. The van der Waals surface area contributed by atoms with Gasteiger partial charge in [0.25, 0.3) is 0 Å². The minimum Gasteiger partial charge on any atom is -0.507 e. The molecule has 0 bridgehead atoms. The molecule has 6 nitrogen and oxygen atoms in total. The Morgan fingerprint density at radius 1 is 1.39 bits per heavy atom. The molecule has 1 aromatic carbocycles. The van der Waals surface area contributed by atoms with Crippen LogP contribution in [-0.2, 0) is 6.42 Å². The Kier molecular flexibility index (Phi) is 5.41. The molecule has 23 heavy (non-hydrogen) atoms. The van der Waals surface area contributed by atoms with E-state index in [1.807, 2.05) is 19.9 Å². The number of hydrogen-bond donors (Lipinski definition) is 3. The number of aliphatic hydroxyl groups is 2. The maximum atomic E-state index is 12.1. The van der Waals surface area contributed by atoms with Gasteiger partial charge in [-0.2, -0.15) is 0 Å². The number of aliphatic hydroxyl groups excluding tert-OH is 2. The van der Waals surface area contributed by atoms with E-state index in [0.717, 1.165) is 5.57 Å². The molecule has 2 aromatic rings. The van der Waals surface area contributed by atoms with Crippen LogP contribution < -0.4 is 10.4 Å². The summed E-state index contributed by atoms with van der Waals surface area (Å²) in [5.41, 5.74) is 0.692. The Hall–Kier alpha value is -2.31. The summed E-state index contributed by atoms with van der Waals surface area (Å²) in [5.74, 6) is 0.0815. The first-order valence-electron chi connectivity index (χ1n) is 7.26. The molecule has 124 valence electrons. The standard InChI is InChI=1S/C17H20O6/c1-10(2)6-7-13-15(20)12-4-3-5-14(16(12)23-17(13)21)22-9-11(19)8-18/h3-6,11,18-20H,7-9H2,1-2H3. The highest BCUT2D eigenvalue weighted by Crippen LogP contribution is 2.32. The summed E-state index contributed by atoms with van der Waals surface area (Å²) in [6.07, 6.45) is 1.07. The van der Waals surface area contributed by atoms with Crippen molar-refractivity contribution in [1.29, 1.82) is 0 Å². The molecule has 1 atom stereocenters. The quantitative estimate of drug-likeness (QED) is 0.554. The first-order chi connectivity index (χ1) is 10.9. The van der Waals surface area contributed by atoms with Crippen molar-refractivity contribution in [2.24, 2.45) is 0 Å². The fourth-order valence-electron chi connectivity index (χ4n) is 2.06. The number of para-hydroxylation sites is 1. The predicted molar refractivity (Wildman–Crippen MR) is 85.9 cm³/mol. The van der Waals surface area contributed by atoms with Crippen LogP contribution in [0.25, 0.3) is 11.0 Å². The van der Waals surface area contributed by atoms with E-state index in [1.165, 1.54) is 0 Å². The number of hydrogen-bond acceptors (Lipinski definition) is 6. The molecular weight excluding hydrogens is 300 g/mol. The minimum absolute atomic E-state index is 0.112. The zero-order chi connectivity index (χ0) is 17.0. The summed E-state index contributed by atoms with van der Waals surface area (Å²) in [4.78, 5) is 12.1. The van der Waals surface area contributed by atoms with Gasteiger partial charge in [-0.25, -0.2) is 4.79 Å². The monoisotopic (exact) mass is 320 g/mol. The molecule has 2 rings (SSSR count). The van der Waals surface area contributed by atoms with Crippen LogP contribution in [0.3, 0.4) is 0 Å². The van der Waals surface area contributed by atoms with Crippen LogP contribution in [0.1, 0.15) is 19.4 Å². The molecule has 1 heterocycles. The molecule has 0 aliphatic rings. The number of ether oxygens (including phenoxy) is 1. The Morgan fingerprint density at radius 2 is 2.13 bits per heavy atom. The van der Waals surface area contributed by atoms with Gasteiger partial charge in [0.05, 0.1) is 17.6 Å². The second-order valence-electron chi connectivity index (χ2n) is 5.48. The van der Waals surface area contributed by atoms with Crippen LogP contribution in [0.15, 0.2) is 39.1 Å². The molecular formula is C17H20O6. The summed E-state index contributed by atoms with van der Waals surface area (Å²) in [6, 6.07) is 4.83. The summed E-state index contributed by atoms with van der Waals surface area (Å²) in [7, 11) is 0. The fraction of sp³-hybridized carbons (Fsp3) is 0.353. The zero-order valence-electron chi connectivity index (χ0n) is 13.1. The van der Waals surface area contributed by atoms with Crippen molar-refractivity contribution >= 4 is 11.0 Å². The Labute approximate surface area is 133 Å². The van der Waals surface area contributed by atoms with Crippen molar-refractivity contribution in [3.05, 3.63) is 45.8 Å². The Morgan fingerprint density at radius 3 is 2.78 bits per heavy atom. The minimum atomic E-state index is -1.04. The van der Waals surface area contributed by atoms with Gasteiger partial charge < -0.3 is 24.5 Å². The third-order valence-corrected chi connectivity index (χ3v) is 3.32. The van der Waals surface area contributed by atoms with Crippen LogP contribution in [-0.4, -0.2) is 34.6 Å². The van der Waals surface area contributed by atoms with Crippen LogP contribution >= 0.6 is 0 Å². The van der Waals surface area contributed by atoms with Crippen LogP contribution in [0.2, 0.25) is 0 Å². The van der Waals surface area contributed by atoms with Crippen molar-refractivity contribution in [2.75, 3.05) is 13.2 Å². The molecule has 0 saturated carbocycles. The van der Waals surface area contributed by atoms with E-state index < -0.39 is 18.3 Å². The maximum absolute atomic E-state index is 12.1. The number of rotatable bonds is 6. The second kappa shape index (κ2) is 7.30. The van der Waals surface area contributed by atoms with Gasteiger partial charge in [0.1, 0.15) is 18.5 Å². The van der Waals surface area contributed by atoms with Gasteiger partial charge in [-0.1, -0.05) is 17.7 Å². The average molecular weight is 320 g/mol. The first-order valence-corrected chi connectivity index (χ1v) is 7.26. The van der Waals surface area contributed by atoms with Crippen molar-refractivity contribution in [3.63, 3.8) is 0 Å². The average Bonchev–Trinajstić information content (AvgIpc) is 2.52. The third-order valence-electron chi connectivity index (χ3n) is 3.32. The number of allylic oxidation sites excluding steroid dienone is 2. The summed E-state index contributed by atoms with van der Waals surface area (Å²) < 4.78 is 10.6. The van der Waals surface area contributed by atoms with E-state index in [-0.39, 0.29) is 35.7 Å². The molecule has 0 amide bonds. The highest BCUT2D eigenvalue weighted by Gasteiger charge is 2.16. The van der Waals surface area contributed by atoms with Crippen molar-refractivity contribution in [1.82, 2.24) is 0 Å². The molecule has 0 spiro atoms. The molecule has 0 radical (unpaired) electrons. The maximum Gasteiger partial charge on any atom is 0.343 e. The number of fused-ring (bicyclic) bond motifs is 1. The molecule has 6 heteroatoms. The van der Waals surface area contributed by atoms with Gasteiger partial charge >= 0.3 is 5.63 Å². The van der Waals surface area contributed by atoms with Crippen LogP contribution in [0, 0.1) is 0 Å². The van der Waals surface area contributed by atoms with Gasteiger partial charge in [0, 0.05) is 6.42 Å². The number of aromatic hydroxyl groups is 1. The second-order valence-corrected chi connectivity index (χ2v) is 5.48. The molecule has 0 fully saturated rings. The lowest BCUT2D eigenvalue weighted by molar-refractivity contribution is 0.0537. The molecule has 1 aromatic heterocycles. The Bertz CT molecular complexity index is 770. The number of benzene rings is 1. The summed E-state index contributed by atoms with van der Waals surface area (Å²) in [6.45, 7) is 3.21.